The molecule has 0 amide bonds. The maximum absolute atomic E-state index is 10.5. The summed E-state index contributed by atoms with van der Waals surface area (Å²) in [5.41, 5.74) is 2.42. The van der Waals surface area contributed by atoms with Crippen LogP contribution < -0.4 is 0 Å². The molecule has 1 fully saturated rings. The molecule has 1 aliphatic carbocycles. The number of aldehydes is 1. The normalized spacial score (nSPS) is 24.9. The molecule has 15 heavy (non-hydrogen) atoms. The van der Waals surface area contributed by atoms with E-state index < -0.39 is 0 Å². The summed E-state index contributed by atoms with van der Waals surface area (Å²) < 4.78 is 0. The molecule has 0 aromatic carbocycles. The van der Waals surface area contributed by atoms with E-state index in [9.17, 15) is 4.79 Å². The fraction of sp³-hybridized carbons (Fsp3) is 0.643. The van der Waals surface area contributed by atoms with Crippen LogP contribution in [0.15, 0.2) is 24.3 Å². The summed E-state index contributed by atoms with van der Waals surface area (Å²) in [4.78, 5) is 10.5. The minimum absolute atomic E-state index is 0.346. The smallest absolute Gasteiger partial charge is 0.145 e. The molecule has 0 aromatic rings. The van der Waals surface area contributed by atoms with Crippen LogP contribution in [-0.4, -0.2) is 6.29 Å². The first-order valence-corrected chi connectivity index (χ1v) is 5.78. The summed E-state index contributed by atoms with van der Waals surface area (Å²) in [6, 6.07) is 0. The van der Waals surface area contributed by atoms with E-state index >= 15 is 0 Å². The van der Waals surface area contributed by atoms with E-state index in [4.69, 9.17) is 0 Å². The van der Waals surface area contributed by atoms with E-state index in [1.807, 2.05) is 0 Å². The maximum atomic E-state index is 10.5. The third-order valence-electron chi connectivity index (χ3n) is 3.68. The fourth-order valence-electron chi connectivity index (χ4n) is 2.66. The molecule has 1 rings (SSSR count). The average Bonchev–Trinajstić information content (AvgIpc) is 2.15. The van der Waals surface area contributed by atoms with Gasteiger partial charge in [0.1, 0.15) is 6.29 Å². The third-order valence-corrected chi connectivity index (χ3v) is 3.68. The van der Waals surface area contributed by atoms with Crippen LogP contribution in [0.4, 0.5) is 0 Å². The predicted octanol–water partition coefficient (Wildman–Crippen LogP) is 3.90. The number of carbonyl (C=O) groups excluding carboxylic acids is 1. The molecule has 0 radical (unpaired) electrons. The molecular formula is C14H22O. The first kappa shape index (κ1) is 12.2. The largest absolute Gasteiger partial charge is 0.298 e. The second kappa shape index (κ2) is 4.78. The molecule has 0 saturated heterocycles. The van der Waals surface area contributed by atoms with Crippen molar-refractivity contribution < 1.29 is 4.79 Å². The van der Waals surface area contributed by atoms with Crippen molar-refractivity contribution in [3.05, 3.63) is 24.3 Å². The lowest BCUT2D eigenvalue weighted by Gasteiger charge is -2.40. The number of carbonyl (C=O) groups is 1. The Kier molecular flexibility index (Phi) is 3.90. The van der Waals surface area contributed by atoms with Gasteiger partial charge in [-0.1, -0.05) is 32.6 Å². The van der Waals surface area contributed by atoms with Crippen LogP contribution in [0.3, 0.4) is 0 Å². The molecule has 1 heteroatoms. The minimum Gasteiger partial charge on any atom is -0.298 e. The molecule has 0 heterocycles. The van der Waals surface area contributed by atoms with Gasteiger partial charge in [-0.2, -0.15) is 0 Å². The number of rotatable bonds is 4. The van der Waals surface area contributed by atoms with Crippen molar-refractivity contribution in [2.45, 2.75) is 46.0 Å². The van der Waals surface area contributed by atoms with E-state index in [2.05, 4.69) is 27.0 Å². The Morgan fingerprint density at radius 1 is 1.60 bits per heavy atom. The quantitative estimate of drug-likeness (QED) is 0.387. The highest BCUT2D eigenvalue weighted by Crippen LogP contribution is 2.45. The molecule has 0 unspecified atom stereocenters. The van der Waals surface area contributed by atoms with Gasteiger partial charge in [0.25, 0.3) is 0 Å². The molecule has 0 aliphatic heterocycles. The van der Waals surface area contributed by atoms with Crippen molar-refractivity contribution in [1.29, 1.82) is 0 Å². The predicted molar refractivity (Wildman–Crippen MR) is 64.7 cm³/mol. The highest BCUT2D eigenvalue weighted by Gasteiger charge is 2.33. The van der Waals surface area contributed by atoms with E-state index in [-0.39, 0.29) is 0 Å². The molecule has 0 aromatic heterocycles. The van der Waals surface area contributed by atoms with Crippen molar-refractivity contribution in [3.8, 4) is 0 Å². The zero-order valence-electron chi connectivity index (χ0n) is 10.0. The first-order chi connectivity index (χ1) is 6.97. The minimum atomic E-state index is 0.346. The highest BCUT2D eigenvalue weighted by molar-refractivity contribution is 5.71. The van der Waals surface area contributed by atoms with Crippen LogP contribution >= 0.6 is 0 Å². The molecular weight excluding hydrogens is 184 g/mol. The lowest BCUT2D eigenvalue weighted by atomic mass is 9.65. The van der Waals surface area contributed by atoms with Gasteiger partial charge in [0.05, 0.1) is 0 Å². The third kappa shape index (κ3) is 3.05. The molecule has 84 valence electrons. The summed E-state index contributed by atoms with van der Waals surface area (Å²) >= 11 is 0. The highest BCUT2D eigenvalue weighted by atomic mass is 16.1. The topological polar surface area (TPSA) is 17.1 Å². The number of hydrogen-bond donors (Lipinski definition) is 0. The maximum Gasteiger partial charge on any atom is 0.145 e. The standard InChI is InChI=1S/C14H22O/c1-11(10-15)7-8-13-12(2)6-5-9-14(13,3)4/h10,13H,1-2,5-9H2,3-4H3/t13-/m1/s1. The zero-order valence-corrected chi connectivity index (χ0v) is 10.0. The van der Waals surface area contributed by atoms with Crippen molar-refractivity contribution in [2.75, 3.05) is 0 Å². The van der Waals surface area contributed by atoms with Crippen molar-refractivity contribution in [3.63, 3.8) is 0 Å². The summed E-state index contributed by atoms with van der Waals surface area (Å²) in [6.45, 7) is 12.5. The SMILES string of the molecule is C=C(C=O)CC[C@@H]1C(=C)CCCC1(C)C. The molecule has 1 aliphatic rings. The Bertz CT molecular complexity index is 273. The van der Waals surface area contributed by atoms with Gasteiger partial charge in [0.15, 0.2) is 0 Å². The molecule has 1 saturated carbocycles. The van der Waals surface area contributed by atoms with Crippen LogP contribution in [0.1, 0.15) is 46.0 Å². The van der Waals surface area contributed by atoms with Crippen LogP contribution in [0, 0.1) is 11.3 Å². The molecule has 0 spiro atoms. The molecule has 0 bridgehead atoms. The van der Waals surface area contributed by atoms with Gasteiger partial charge in [-0.25, -0.2) is 0 Å². The second-order valence-electron chi connectivity index (χ2n) is 5.37. The van der Waals surface area contributed by atoms with Gasteiger partial charge in [0.2, 0.25) is 0 Å². The fourth-order valence-corrected chi connectivity index (χ4v) is 2.66. The van der Waals surface area contributed by atoms with Gasteiger partial charge >= 0.3 is 0 Å². The van der Waals surface area contributed by atoms with Gasteiger partial charge in [-0.3, -0.25) is 4.79 Å². The van der Waals surface area contributed by atoms with E-state index in [0.29, 0.717) is 16.9 Å². The van der Waals surface area contributed by atoms with Gasteiger partial charge in [-0.15, -0.1) is 0 Å². The Labute approximate surface area is 93.3 Å². The summed E-state index contributed by atoms with van der Waals surface area (Å²) in [6.07, 6.45) is 6.40. The number of allylic oxidation sites excluding steroid dienone is 2. The lowest BCUT2D eigenvalue weighted by Crippen LogP contribution is -2.29. The van der Waals surface area contributed by atoms with Crippen molar-refractivity contribution >= 4 is 6.29 Å². The van der Waals surface area contributed by atoms with Crippen LogP contribution in [0.25, 0.3) is 0 Å². The van der Waals surface area contributed by atoms with E-state index in [0.717, 1.165) is 25.5 Å². The van der Waals surface area contributed by atoms with E-state index in [1.165, 1.54) is 18.4 Å². The Morgan fingerprint density at radius 3 is 2.80 bits per heavy atom. The Hall–Kier alpha value is -0.850. The monoisotopic (exact) mass is 206 g/mol. The van der Waals surface area contributed by atoms with Gasteiger partial charge < -0.3 is 0 Å². The summed E-state index contributed by atoms with van der Waals surface area (Å²) in [5.74, 6) is 0.558. The Morgan fingerprint density at radius 2 is 2.27 bits per heavy atom. The van der Waals surface area contributed by atoms with Crippen LogP contribution in [0.5, 0.6) is 0 Å². The van der Waals surface area contributed by atoms with Crippen LogP contribution in [-0.2, 0) is 4.79 Å². The van der Waals surface area contributed by atoms with Crippen LogP contribution in [0.2, 0.25) is 0 Å². The number of hydrogen-bond acceptors (Lipinski definition) is 1. The van der Waals surface area contributed by atoms with Gasteiger partial charge in [-0.05, 0) is 49.0 Å². The van der Waals surface area contributed by atoms with Crippen molar-refractivity contribution in [2.24, 2.45) is 11.3 Å². The zero-order chi connectivity index (χ0) is 11.5. The molecule has 0 N–H and O–H groups in total. The molecule has 1 atom stereocenters. The molecule has 1 nitrogen and oxygen atoms in total. The Balaban J connectivity index is 2.59. The van der Waals surface area contributed by atoms with E-state index in [1.54, 1.807) is 0 Å². The average molecular weight is 206 g/mol. The van der Waals surface area contributed by atoms with Crippen molar-refractivity contribution in [1.82, 2.24) is 0 Å². The lowest BCUT2D eigenvalue weighted by molar-refractivity contribution is -0.105. The second-order valence-corrected chi connectivity index (χ2v) is 5.37. The van der Waals surface area contributed by atoms with Gasteiger partial charge in [0, 0.05) is 0 Å². The first-order valence-electron chi connectivity index (χ1n) is 5.78. The summed E-state index contributed by atoms with van der Waals surface area (Å²) in [5, 5.41) is 0. The summed E-state index contributed by atoms with van der Waals surface area (Å²) in [7, 11) is 0.